The van der Waals surface area contributed by atoms with Gasteiger partial charge in [-0.05, 0) is 41.8 Å². The molecule has 0 aromatic heterocycles. The van der Waals surface area contributed by atoms with Crippen molar-refractivity contribution < 1.29 is 14.0 Å². The van der Waals surface area contributed by atoms with Gasteiger partial charge in [-0.3, -0.25) is 9.59 Å². The molecule has 2 amide bonds. The van der Waals surface area contributed by atoms with E-state index in [2.05, 4.69) is 5.32 Å². The molecule has 1 N–H and O–H groups in total. The molecule has 1 heterocycles. The number of piperidine rings is 1. The summed E-state index contributed by atoms with van der Waals surface area (Å²) in [6.07, 6.45) is 1.06. The van der Waals surface area contributed by atoms with Gasteiger partial charge in [0.25, 0.3) is 5.91 Å². The highest BCUT2D eigenvalue weighted by molar-refractivity contribution is 6.31. The summed E-state index contributed by atoms with van der Waals surface area (Å²) in [6.45, 7) is 0.969. The van der Waals surface area contributed by atoms with E-state index in [0.29, 0.717) is 31.5 Å². The second kappa shape index (κ2) is 8.21. The first-order valence-corrected chi connectivity index (χ1v) is 9.94. The number of benzene rings is 3. The van der Waals surface area contributed by atoms with Gasteiger partial charge in [-0.2, -0.15) is 0 Å². The minimum absolute atomic E-state index is 0.0263. The monoisotopic (exact) mass is 410 g/mol. The van der Waals surface area contributed by atoms with Crippen LogP contribution in [0.15, 0.2) is 60.7 Å². The lowest BCUT2D eigenvalue weighted by Gasteiger charge is -2.31. The Balaban J connectivity index is 1.42. The lowest BCUT2D eigenvalue weighted by molar-refractivity contribution is -0.121. The van der Waals surface area contributed by atoms with Crippen molar-refractivity contribution >= 4 is 39.9 Å². The Bertz CT molecular complexity index is 1070. The van der Waals surface area contributed by atoms with Crippen LogP contribution in [0.3, 0.4) is 0 Å². The zero-order valence-corrected chi connectivity index (χ0v) is 16.5. The van der Waals surface area contributed by atoms with E-state index in [4.69, 9.17) is 11.6 Å². The predicted octanol–water partition coefficient (Wildman–Crippen LogP) is 5.12. The highest BCUT2D eigenvalue weighted by Crippen LogP contribution is 2.26. The first-order chi connectivity index (χ1) is 14.0. The van der Waals surface area contributed by atoms with E-state index in [1.165, 1.54) is 12.1 Å². The molecule has 4 rings (SSSR count). The summed E-state index contributed by atoms with van der Waals surface area (Å²) in [5, 5.41) is 4.54. The first-order valence-electron chi connectivity index (χ1n) is 9.56. The molecule has 0 bridgehead atoms. The quantitative estimate of drug-likeness (QED) is 0.651. The molecule has 1 aliphatic heterocycles. The summed E-state index contributed by atoms with van der Waals surface area (Å²) >= 11 is 5.77. The largest absolute Gasteiger partial charge is 0.339 e. The Morgan fingerprint density at radius 3 is 2.45 bits per heavy atom. The van der Waals surface area contributed by atoms with Crippen molar-refractivity contribution in [3.05, 3.63) is 77.1 Å². The van der Waals surface area contributed by atoms with Crippen LogP contribution in [0, 0.1) is 11.7 Å². The predicted molar refractivity (Wildman–Crippen MR) is 113 cm³/mol. The number of carbonyl (C=O) groups is 2. The van der Waals surface area contributed by atoms with E-state index in [-0.39, 0.29) is 28.4 Å². The van der Waals surface area contributed by atoms with E-state index in [9.17, 15) is 14.0 Å². The number of carbonyl (C=O) groups excluding carboxylic acids is 2. The lowest BCUT2D eigenvalue weighted by atomic mass is 9.94. The number of likely N-dealkylation sites (tertiary alicyclic amines) is 1. The molecule has 1 saturated heterocycles. The Morgan fingerprint density at radius 2 is 1.66 bits per heavy atom. The molecule has 3 aromatic rings. The van der Waals surface area contributed by atoms with Crippen molar-refractivity contribution in [2.45, 2.75) is 12.8 Å². The molecule has 4 nitrogen and oxygen atoms in total. The SMILES string of the molecule is O=C(Nc1cccc(Cl)c1F)C1CCN(C(=O)c2cccc3ccccc23)CC1. The van der Waals surface area contributed by atoms with Crippen LogP contribution >= 0.6 is 11.6 Å². The van der Waals surface area contributed by atoms with Crippen molar-refractivity contribution in [2.24, 2.45) is 5.92 Å². The summed E-state index contributed by atoms with van der Waals surface area (Å²) < 4.78 is 14.0. The molecular weight excluding hydrogens is 391 g/mol. The number of nitrogens with zero attached hydrogens (tertiary/aromatic N) is 1. The van der Waals surface area contributed by atoms with Gasteiger partial charge in [0.1, 0.15) is 0 Å². The molecule has 0 radical (unpaired) electrons. The van der Waals surface area contributed by atoms with Gasteiger partial charge in [-0.15, -0.1) is 0 Å². The van der Waals surface area contributed by atoms with Gasteiger partial charge in [0.05, 0.1) is 10.7 Å². The van der Waals surface area contributed by atoms with E-state index >= 15 is 0 Å². The number of amides is 2. The fourth-order valence-corrected chi connectivity index (χ4v) is 3.94. The fourth-order valence-electron chi connectivity index (χ4n) is 3.76. The molecule has 0 unspecified atom stereocenters. The molecular formula is C23H20ClFN2O2. The van der Waals surface area contributed by atoms with Crippen LogP contribution in [-0.2, 0) is 4.79 Å². The second-order valence-corrected chi connectivity index (χ2v) is 7.59. The zero-order chi connectivity index (χ0) is 20.4. The summed E-state index contributed by atoms with van der Waals surface area (Å²) in [5.41, 5.74) is 0.753. The minimum atomic E-state index is -0.633. The maximum Gasteiger partial charge on any atom is 0.254 e. The van der Waals surface area contributed by atoms with Gasteiger partial charge in [0.15, 0.2) is 5.82 Å². The highest BCUT2D eigenvalue weighted by Gasteiger charge is 2.29. The van der Waals surface area contributed by atoms with Gasteiger partial charge < -0.3 is 10.2 Å². The molecule has 0 spiro atoms. The van der Waals surface area contributed by atoms with Crippen LogP contribution in [0.4, 0.5) is 10.1 Å². The van der Waals surface area contributed by atoms with Crippen LogP contribution < -0.4 is 5.32 Å². The Morgan fingerprint density at radius 1 is 0.966 bits per heavy atom. The normalized spacial score (nSPS) is 14.8. The Hall–Kier alpha value is -2.92. The molecule has 1 aliphatic rings. The van der Waals surface area contributed by atoms with Crippen LogP contribution in [0.2, 0.25) is 5.02 Å². The average Bonchev–Trinajstić information content (AvgIpc) is 2.76. The van der Waals surface area contributed by atoms with Crippen LogP contribution in [0.1, 0.15) is 23.2 Å². The number of rotatable bonds is 3. The molecule has 3 aromatic carbocycles. The van der Waals surface area contributed by atoms with Crippen molar-refractivity contribution in [1.82, 2.24) is 4.90 Å². The third-order valence-corrected chi connectivity index (χ3v) is 5.67. The number of hydrogen-bond acceptors (Lipinski definition) is 2. The van der Waals surface area contributed by atoms with Gasteiger partial charge in [-0.25, -0.2) is 4.39 Å². The average molecular weight is 411 g/mol. The molecule has 0 saturated carbocycles. The smallest absolute Gasteiger partial charge is 0.254 e. The van der Waals surface area contributed by atoms with Crippen molar-refractivity contribution in [3.63, 3.8) is 0 Å². The van der Waals surface area contributed by atoms with E-state index in [0.717, 1.165) is 10.8 Å². The van der Waals surface area contributed by atoms with Crippen molar-refractivity contribution in [3.8, 4) is 0 Å². The highest BCUT2D eigenvalue weighted by atomic mass is 35.5. The van der Waals surface area contributed by atoms with Crippen molar-refractivity contribution in [2.75, 3.05) is 18.4 Å². The molecule has 0 aliphatic carbocycles. The fraction of sp³-hybridized carbons (Fsp3) is 0.217. The number of fused-ring (bicyclic) bond motifs is 1. The first kappa shape index (κ1) is 19.4. The number of nitrogens with one attached hydrogen (secondary N) is 1. The van der Waals surface area contributed by atoms with Crippen molar-refractivity contribution in [1.29, 1.82) is 0 Å². The zero-order valence-electron chi connectivity index (χ0n) is 15.7. The number of halogens is 2. The Kier molecular flexibility index (Phi) is 5.49. The summed E-state index contributed by atoms with van der Waals surface area (Å²) in [6, 6.07) is 18.0. The Labute approximate surface area is 173 Å². The number of anilines is 1. The molecule has 0 atom stereocenters. The van der Waals surface area contributed by atoms with Crippen LogP contribution in [0.5, 0.6) is 0 Å². The third-order valence-electron chi connectivity index (χ3n) is 5.38. The summed E-state index contributed by atoms with van der Waals surface area (Å²) in [7, 11) is 0. The maximum absolute atomic E-state index is 14.0. The van der Waals surface area contributed by atoms with Gasteiger partial charge in [0, 0.05) is 24.6 Å². The summed E-state index contributed by atoms with van der Waals surface area (Å²) in [4.78, 5) is 27.3. The van der Waals surface area contributed by atoms with Gasteiger partial charge in [-0.1, -0.05) is 54.1 Å². The maximum atomic E-state index is 14.0. The van der Waals surface area contributed by atoms with E-state index in [1.807, 2.05) is 42.5 Å². The second-order valence-electron chi connectivity index (χ2n) is 7.18. The number of hydrogen-bond donors (Lipinski definition) is 1. The van der Waals surface area contributed by atoms with Crippen LogP contribution in [0.25, 0.3) is 10.8 Å². The van der Waals surface area contributed by atoms with Gasteiger partial charge >= 0.3 is 0 Å². The third kappa shape index (κ3) is 3.96. The minimum Gasteiger partial charge on any atom is -0.339 e. The lowest BCUT2D eigenvalue weighted by Crippen LogP contribution is -2.41. The van der Waals surface area contributed by atoms with Crippen LogP contribution in [-0.4, -0.2) is 29.8 Å². The molecule has 29 heavy (non-hydrogen) atoms. The molecule has 1 fully saturated rings. The van der Waals surface area contributed by atoms with E-state index < -0.39 is 5.82 Å². The molecule has 6 heteroatoms. The van der Waals surface area contributed by atoms with E-state index in [1.54, 1.807) is 11.0 Å². The van der Waals surface area contributed by atoms with Gasteiger partial charge in [0.2, 0.25) is 5.91 Å². The summed E-state index contributed by atoms with van der Waals surface area (Å²) in [5.74, 6) is -1.18. The molecule has 148 valence electrons. The topological polar surface area (TPSA) is 49.4 Å². The standard InChI is InChI=1S/C23H20ClFN2O2/c24-19-9-4-10-20(21(19)25)26-22(28)16-11-13-27(14-12-16)23(29)18-8-3-6-15-5-1-2-7-17(15)18/h1-10,16H,11-14H2,(H,26,28).